The predicted molar refractivity (Wildman–Crippen MR) is 69.3 cm³/mol. The van der Waals surface area contributed by atoms with Crippen LogP contribution in [-0.4, -0.2) is 11.6 Å². The molecule has 0 bridgehead atoms. The van der Waals surface area contributed by atoms with E-state index >= 15 is 0 Å². The van der Waals surface area contributed by atoms with E-state index in [0.717, 1.165) is 16.0 Å². The van der Waals surface area contributed by atoms with Gasteiger partial charge in [0.05, 0.1) is 10.2 Å². The summed E-state index contributed by atoms with van der Waals surface area (Å²) in [4.78, 5) is 4.17. The summed E-state index contributed by atoms with van der Waals surface area (Å²) in [6.45, 7) is 4.64. The van der Waals surface area contributed by atoms with Crippen molar-refractivity contribution in [2.45, 2.75) is 13.8 Å². The summed E-state index contributed by atoms with van der Waals surface area (Å²) in [6.07, 6.45) is 2.03. The second-order valence-electron chi connectivity index (χ2n) is 3.85. The Balaban J connectivity index is 2.20. The predicted octanol–water partition coefficient (Wildman–Crippen LogP) is 3.51. The molecule has 0 unspecified atom stereocenters. The van der Waals surface area contributed by atoms with Crippen LogP contribution in [0, 0.1) is 11.3 Å². The van der Waals surface area contributed by atoms with Gasteiger partial charge in [0, 0.05) is 0 Å². The zero-order chi connectivity index (χ0) is 12.3. The number of benzene rings is 1. The molecule has 0 aliphatic carbocycles. The molecule has 86 valence electrons. The Labute approximate surface area is 104 Å². The van der Waals surface area contributed by atoms with E-state index < -0.39 is 0 Å². The summed E-state index contributed by atoms with van der Waals surface area (Å²) < 4.78 is 6.57. The van der Waals surface area contributed by atoms with Gasteiger partial charge in [0.15, 0.2) is 5.01 Å². The standard InChI is InChI=1S/C13H12N2OS/c1-9(2)5-6-16-10-3-4-11-12(7-10)17-13(8-14)15-11/h3-5,7H,6H2,1-2H3. The normalized spacial score (nSPS) is 9.94. The van der Waals surface area contributed by atoms with Crippen molar-refractivity contribution in [3.63, 3.8) is 0 Å². The summed E-state index contributed by atoms with van der Waals surface area (Å²) in [6, 6.07) is 7.73. The largest absolute Gasteiger partial charge is 0.489 e. The lowest BCUT2D eigenvalue weighted by Gasteiger charge is -2.02. The Bertz CT molecular complexity index is 603. The number of hydrogen-bond donors (Lipinski definition) is 0. The molecule has 0 atom stereocenters. The lowest BCUT2D eigenvalue weighted by molar-refractivity contribution is 0.362. The quantitative estimate of drug-likeness (QED) is 0.776. The van der Waals surface area contributed by atoms with Gasteiger partial charge in [-0.1, -0.05) is 5.57 Å². The number of hydrogen-bond acceptors (Lipinski definition) is 4. The van der Waals surface area contributed by atoms with Gasteiger partial charge in [-0.2, -0.15) is 5.26 Å². The number of rotatable bonds is 3. The Hall–Kier alpha value is -1.86. The Morgan fingerprint density at radius 1 is 1.53 bits per heavy atom. The zero-order valence-electron chi connectivity index (χ0n) is 9.73. The van der Waals surface area contributed by atoms with Crippen molar-refractivity contribution in [2.24, 2.45) is 0 Å². The topological polar surface area (TPSA) is 45.9 Å². The van der Waals surface area contributed by atoms with E-state index in [1.807, 2.05) is 38.1 Å². The van der Waals surface area contributed by atoms with Crippen molar-refractivity contribution in [2.75, 3.05) is 6.61 Å². The average Bonchev–Trinajstić information content (AvgIpc) is 2.70. The van der Waals surface area contributed by atoms with Crippen LogP contribution in [0.25, 0.3) is 10.2 Å². The van der Waals surface area contributed by atoms with Crippen LogP contribution in [0.3, 0.4) is 0 Å². The van der Waals surface area contributed by atoms with Crippen molar-refractivity contribution in [3.8, 4) is 11.8 Å². The van der Waals surface area contributed by atoms with Crippen molar-refractivity contribution < 1.29 is 4.74 Å². The van der Waals surface area contributed by atoms with Crippen LogP contribution >= 0.6 is 11.3 Å². The highest BCUT2D eigenvalue weighted by Gasteiger charge is 2.04. The first kappa shape index (κ1) is 11.6. The molecular weight excluding hydrogens is 232 g/mol. The van der Waals surface area contributed by atoms with Crippen LogP contribution < -0.4 is 4.74 Å². The van der Waals surface area contributed by atoms with Crippen LogP contribution in [-0.2, 0) is 0 Å². The van der Waals surface area contributed by atoms with E-state index in [2.05, 4.69) is 11.1 Å². The fourth-order valence-corrected chi connectivity index (χ4v) is 2.14. The fourth-order valence-electron chi connectivity index (χ4n) is 1.35. The maximum Gasteiger partial charge on any atom is 0.195 e. The van der Waals surface area contributed by atoms with Crippen molar-refractivity contribution in [1.82, 2.24) is 4.98 Å². The molecule has 0 aliphatic heterocycles. The molecule has 0 aliphatic rings. The third kappa shape index (κ3) is 2.83. The molecule has 17 heavy (non-hydrogen) atoms. The Kier molecular flexibility index (Phi) is 3.40. The zero-order valence-corrected chi connectivity index (χ0v) is 10.5. The minimum Gasteiger partial charge on any atom is -0.489 e. The molecule has 0 fully saturated rings. The number of nitriles is 1. The number of ether oxygens (including phenoxy) is 1. The van der Waals surface area contributed by atoms with Crippen LogP contribution in [0.4, 0.5) is 0 Å². The van der Waals surface area contributed by atoms with E-state index in [4.69, 9.17) is 10.00 Å². The first-order valence-electron chi connectivity index (χ1n) is 5.26. The molecular formula is C13H12N2OS. The van der Waals surface area contributed by atoms with Gasteiger partial charge >= 0.3 is 0 Å². The molecule has 0 spiro atoms. The van der Waals surface area contributed by atoms with Crippen LogP contribution in [0.5, 0.6) is 5.75 Å². The minimum absolute atomic E-state index is 0.487. The molecule has 0 N–H and O–H groups in total. The summed E-state index contributed by atoms with van der Waals surface area (Å²) in [5.41, 5.74) is 2.08. The fraction of sp³-hybridized carbons (Fsp3) is 0.231. The van der Waals surface area contributed by atoms with E-state index in [1.54, 1.807) is 0 Å². The van der Waals surface area contributed by atoms with E-state index in [1.165, 1.54) is 16.9 Å². The molecule has 0 saturated carbocycles. The monoisotopic (exact) mass is 244 g/mol. The van der Waals surface area contributed by atoms with Crippen LogP contribution in [0.2, 0.25) is 0 Å². The number of nitrogens with zero attached hydrogens (tertiary/aromatic N) is 2. The molecule has 2 rings (SSSR count). The maximum atomic E-state index is 8.77. The van der Waals surface area contributed by atoms with Gasteiger partial charge in [0.1, 0.15) is 18.4 Å². The summed E-state index contributed by atoms with van der Waals surface area (Å²) in [5, 5.41) is 9.26. The van der Waals surface area contributed by atoms with Gasteiger partial charge in [-0.3, -0.25) is 0 Å². The van der Waals surface area contributed by atoms with Crippen LogP contribution in [0.1, 0.15) is 18.9 Å². The van der Waals surface area contributed by atoms with Gasteiger partial charge in [-0.05, 0) is 38.1 Å². The average molecular weight is 244 g/mol. The molecule has 1 aromatic carbocycles. The molecule has 2 aromatic rings. The maximum absolute atomic E-state index is 8.77. The third-order valence-corrected chi connectivity index (χ3v) is 3.12. The number of fused-ring (bicyclic) bond motifs is 1. The molecule has 0 saturated heterocycles. The lowest BCUT2D eigenvalue weighted by Crippen LogP contribution is -1.93. The number of allylic oxidation sites excluding steroid dienone is 1. The second kappa shape index (κ2) is 4.98. The first-order valence-corrected chi connectivity index (χ1v) is 6.07. The SMILES string of the molecule is CC(C)=CCOc1ccc2nc(C#N)sc2c1. The Morgan fingerprint density at radius 2 is 2.35 bits per heavy atom. The number of thiazole rings is 1. The number of aromatic nitrogens is 1. The molecule has 1 aromatic heterocycles. The van der Waals surface area contributed by atoms with E-state index in [9.17, 15) is 0 Å². The highest BCUT2D eigenvalue weighted by molar-refractivity contribution is 7.19. The summed E-state index contributed by atoms with van der Waals surface area (Å²) in [7, 11) is 0. The molecule has 0 amide bonds. The molecule has 0 radical (unpaired) electrons. The highest BCUT2D eigenvalue weighted by atomic mass is 32.1. The van der Waals surface area contributed by atoms with Gasteiger partial charge < -0.3 is 4.74 Å². The summed E-state index contributed by atoms with van der Waals surface area (Å²) in [5.74, 6) is 0.808. The van der Waals surface area contributed by atoms with Crippen molar-refractivity contribution >= 4 is 21.6 Å². The van der Waals surface area contributed by atoms with Crippen molar-refractivity contribution in [1.29, 1.82) is 5.26 Å². The highest BCUT2D eigenvalue weighted by Crippen LogP contribution is 2.25. The van der Waals surface area contributed by atoms with Gasteiger partial charge in [0.25, 0.3) is 0 Å². The van der Waals surface area contributed by atoms with E-state index in [0.29, 0.717) is 11.6 Å². The van der Waals surface area contributed by atoms with Crippen LogP contribution in [0.15, 0.2) is 29.8 Å². The molecule has 1 heterocycles. The summed E-state index contributed by atoms with van der Waals surface area (Å²) >= 11 is 1.38. The third-order valence-electron chi connectivity index (χ3n) is 2.20. The van der Waals surface area contributed by atoms with Gasteiger partial charge in [-0.25, -0.2) is 4.98 Å². The smallest absolute Gasteiger partial charge is 0.195 e. The van der Waals surface area contributed by atoms with Gasteiger partial charge in [0.2, 0.25) is 0 Å². The minimum atomic E-state index is 0.487. The molecule has 3 nitrogen and oxygen atoms in total. The van der Waals surface area contributed by atoms with Crippen molar-refractivity contribution in [3.05, 3.63) is 34.9 Å². The Morgan fingerprint density at radius 3 is 3.06 bits per heavy atom. The lowest BCUT2D eigenvalue weighted by atomic mass is 10.3. The van der Waals surface area contributed by atoms with Gasteiger partial charge in [-0.15, -0.1) is 11.3 Å². The second-order valence-corrected chi connectivity index (χ2v) is 4.88. The first-order chi connectivity index (χ1) is 8.19. The molecule has 4 heteroatoms. The van der Waals surface area contributed by atoms with E-state index in [-0.39, 0.29) is 0 Å².